The van der Waals surface area contributed by atoms with E-state index in [0.29, 0.717) is 19.8 Å². The number of nitrogens with one attached hydrogen (secondary N) is 1. The fourth-order valence-electron chi connectivity index (χ4n) is 4.44. The van der Waals surface area contributed by atoms with E-state index in [4.69, 9.17) is 0 Å². The van der Waals surface area contributed by atoms with Crippen LogP contribution in [-0.2, 0) is 10.0 Å². The smallest absolute Gasteiger partial charge is 0.335 e. The third kappa shape index (κ3) is 4.38. The number of halogens is 5. The summed E-state index contributed by atoms with van der Waals surface area (Å²) in [5.41, 5.74) is 0.217. The molecule has 1 atom stereocenters. The van der Waals surface area contributed by atoms with Crippen LogP contribution in [0.15, 0.2) is 29.3 Å². The van der Waals surface area contributed by atoms with Gasteiger partial charge in [0.2, 0.25) is 10.0 Å². The highest BCUT2D eigenvalue weighted by atomic mass is 32.2. The van der Waals surface area contributed by atoms with Crippen molar-refractivity contribution in [2.75, 3.05) is 0 Å². The predicted molar refractivity (Wildman–Crippen MR) is 118 cm³/mol. The monoisotopic (exact) mass is 512 g/mol. The summed E-state index contributed by atoms with van der Waals surface area (Å²) >= 11 is 0. The van der Waals surface area contributed by atoms with E-state index in [9.17, 15) is 31.2 Å². The van der Waals surface area contributed by atoms with Gasteiger partial charge in [-0.15, -0.1) is 0 Å². The summed E-state index contributed by atoms with van der Waals surface area (Å²) < 4.78 is 96.1. The van der Waals surface area contributed by atoms with Crippen molar-refractivity contribution in [3.8, 4) is 17.5 Å². The third-order valence-corrected chi connectivity index (χ3v) is 7.85. The molecule has 1 aliphatic rings. The molecule has 2 heterocycles. The normalized spacial score (nSPS) is 16.1. The number of hydrogen-bond acceptors (Lipinski definition) is 4. The number of pyridine rings is 1. The molecular formula is C23H21F5N4O2S. The molecule has 1 fully saturated rings. The number of nitrogens with zero attached hydrogens (tertiary/aromatic N) is 3. The molecule has 2 aromatic heterocycles. The SMILES string of the molecule is Cc1c(F)cc2c(c1F)c(C#N)c(-c1ccc(S(=O)(=O)NC(C)C(F)(F)F)cn1)n2C1CCCC1. The number of rotatable bonds is 5. The van der Waals surface area contributed by atoms with Crippen LogP contribution in [0.1, 0.15) is 49.8 Å². The van der Waals surface area contributed by atoms with E-state index in [2.05, 4.69) is 4.98 Å². The van der Waals surface area contributed by atoms with Crippen molar-refractivity contribution in [3.05, 3.63) is 47.2 Å². The Kier molecular flexibility index (Phi) is 6.36. The Hall–Kier alpha value is -3.04. The zero-order valence-electron chi connectivity index (χ0n) is 18.7. The fraction of sp³-hybridized carbons (Fsp3) is 0.391. The van der Waals surface area contributed by atoms with Crippen molar-refractivity contribution in [2.45, 2.75) is 62.7 Å². The number of alkyl halides is 3. The molecule has 1 aromatic carbocycles. The summed E-state index contributed by atoms with van der Waals surface area (Å²) in [6.45, 7) is 1.94. The second-order valence-electron chi connectivity index (χ2n) is 8.60. The Balaban J connectivity index is 1.88. The molecule has 0 saturated heterocycles. The predicted octanol–water partition coefficient (Wildman–Crippen LogP) is 5.51. The third-order valence-electron chi connectivity index (χ3n) is 6.33. The Morgan fingerprint density at radius 2 is 1.89 bits per heavy atom. The summed E-state index contributed by atoms with van der Waals surface area (Å²) in [6.07, 6.45) is -0.704. The van der Waals surface area contributed by atoms with Crippen molar-refractivity contribution < 1.29 is 30.4 Å². The molecule has 1 unspecified atom stereocenters. The number of nitriles is 1. The lowest BCUT2D eigenvalue weighted by Gasteiger charge is -2.19. The van der Waals surface area contributed by atoms with Gasteiger partial charge in [0.25, 0.3) is 0 Å². The molecule has 12 heteroatoms. The van der Waals surface area contributed by atoms with Crippen LogP contribution in [0, 0.1) is 29.9 Å². The number of fused-ring (bicyclic) bond motifs is 1. The van der Waals surface area contributed by atoms with Gasteiger partial charge in [0.15, 0.2) is 0 Å². The van der Waals surface area contributed by atoms with Crippen LogP contribution < -0.4 is 4.72 Å². The van der Waals surface area contributed by atoms with Crippen molar-refractivity contribution in [3.63, 3.8) is 0 Å². The molecule has 0 aliphatic heterocycles. The molecule has 0 amide bonds. The average Bonchev–Trinajstić information content (AvgIpc) is 3.42. The van der Waals surface area contributed by atoms with Crippen LogP contribution >= 0.6 is 0 Å². The maximum atomic E-state index is 15.1. The number of benzene rings is 1. The van der Waals surface area contributed by atoms with Gasteiger partial charge in [-0.3, -0.25) is 4.98 Å². The molecule has 1 N–H and O–H groups in total. The molecule has 0 radical (unpaired) electrons. The summed E-state index contributed by atoms with van der Waals surface area (Å²) in [5.74, 6) is -1.62. The van der Waals surface area contributed by atoms with E-state index in [1.54, 1.807) is 9.29 Å². The maximum Gasteiger partial charge on any atom is 0.404 e. The molecule has 35 heavy (non-hydrogen) atoms. The highest BCUT2D eigenvalue weighted by Crippen LogP contribution is 2.42. The summed E-state index contributed by atoms with van der Waals surface area (Å²) in [4.78, 5) is 3.60. The van der Waals surface area contributed by atoms with Gasteiger partial charge in [0, 0.05) is 17.8 Å². The Morgan fingerprint density at radius 1 is 1.23 bits per heavy atom. The Morgan fingerprint density at radius 3 is 2.43 bits per heavy atom. The van der Waals surface area contributed by atoms with Crippen LogP contribution in [0.4, 0.5) is 22.0 Å². The topological polar surface area (TPSA) is 87.8 Å². The van der Waals surface area contributed by atoms with Crippen LogP contribution in [-0.4, -0.2) is 30.2 Å². The van der Waals surface area contributed by atoms with Gasteiger partial charge in [-0.25, -0.2) is 17.2 Å². The average molecular weight is 513 g/mol. The molecule has 0 spiro atoms. The maximum absolute atomic E-state index is 15.1. The quantitative estimate of drug-likeness (QED) is 0.457. The van der Waals surface area contributed by atoms with Crippen LogP contribution in [0.3, 0.4) is 0 Å². The van der Waals surface area contributed by atoms with Crippen molar-refractivity contribution in [1.82, 2.24) is 14.3 Å². The number of hydrogen-bond donors (Lipinski definition) is 1. The van der Waals surface area contributed by atoms with Gasteiger partial charge < -0.3 is 4.57 Å². The molecule has 1 saturated carbocycles. The molecule has 4 rings (SSSR count). The lowest BCUT2D eigenvalue weighted by Crippen LogP contribution is -2.42. The molecule has 0 bridgehead atoms. The van der Waals surface area contributed by atoms with E-state index < -0.39 is 38.8 Å². The highest BCUT2D eigenvalue weighted by Gasteiger charge is 2.39. The Bertz CT molecular complexity index is 1430. The molecule has 6 nitrogen and oxygen atoms in total. The van der Waals surface area contributed by atoms with Gasteiger partial charge in [-0.1, -0.05) is 12.8 Å². The first-order chi connectivity index (χ1) is 16.4. The molecular weight excluding hydrogens is 491 g/mol. The van der Waals surface area contributed by atoms with E-state index in [1.165, 1.54) is 19.1 Å². The standard InChI is InChI=1S/C23H21F5N4O2S/c1-12-17(24)9-19-20(21(12)25)16(10-29)22(32(19)14-5-3-4-6-14)18-8-7-15(11-30-18)35(33,34)31-13(2)23(26,27)28/h7-9,11,13-14,31H,3-6H2,1-2H3. The lowest BCUT2D eigenvalue weighted by atomic mass is 10.1. The minimum absolute atomic E-state index is 0.0486. The van der Waals surface area contributed by atoms with Crippen molar-refractivity contribution in [2.24, 2.45) is 0 Å². The summed E-state index contributed by atoms with van der Waals surface area (Å²) in [5, 5.41) is 9.87. The highest BCUT2D eigenvalue weighted by molar-refractivity contribution is 7.89. The Labute approximate surface area is 198 Å². The summed E-state index contributed by atoms with van der Waals surface area (Å²) in [7, 11) is -4.54. The van der Waals surface area contributed by atoms with Gasteiger partial charge in [0.1, 0.15) is 28.6 Å². The lowest BCUT2D eigenvalue weighted by molar-refractivity contribution is -0.147. The zero-order chi connectivity index (χ0) is 25.7. The number of aromatic nitrogens is 2. The molecule has 186 valence electrons. The molecule has 3 aromatic rings. The first-order valence-electron chi connectivity index (χ1n) is 10.8. The molecule has 1 aliphatic carbocycles. The van der Waals surface area contributed by atoms with E-state index in [0.717, 1.165) is 25.1 Å². The second-order valence-corrected chi connectivity index (χ2v) is 10.3. The largest absolute Gasteiger partial charge is 0.404 e. The van der Waals surface area contributed by atoms with Gasteiger partial charge >= 0.3 is 6.18 Å². The fourth-order valence-corrected chi connectivity index (χ4v) is 5.62. The van der Waals surface area contributed by atoms with Crippen molar-refractivity contribution in [1.29, 1.82) is 5.26 Å². The van der Waals surface area contributed by atoms with Gasteiger partial charge in [0.05, 0.1) is 27.9 Å². The number of sulfonamides is 1. The van der Waals surface area contributed by atoms with Crippen molar-refractivity contribution >= 4 is 20.9 Å². The van der Waals surface area contributed by atoms with Gasteiger partial charge in [-0.05, 0) is 44.9 Å². The first kappa shape index (κ1) is 25.1. The second kappa shape index (κ2) is 8.87. The van der Waals surface area contributed by atoms with E-state index in [1.807, 2.05) is 6.07 Å². The van der Waals surface area contributed by atoms with E-state index >= 15 is 4.39 Å². The van der Waals surface area contributed by atoms with E-state index in [-0.39, 0.29) is 39.5 Å². The minimum Gasteiger partial charge on any atom is -0.335 e. The zero-order valence-corrected chi connectivity index (χ0v) is 19.6. The van der Waals surface area contributed by atoms with Crippen LogP contribution in [0.2, 0.25) is 0 Å². The van der Waals surface area contributed by atoms with Crippen LogP contribution in [0.5, 0.6) is 0 Å². The first-order valence-corrected chi connectivity index (χ1v) is 12.3. The minimum atomic E-state index is -4.78. The van der Waals surface area contributed by atoms with Crippen LogP contribution in [0.25, 0.3) is 22.3 Å². The summed E-state index contributed by atoms with van der Waals surface area (Å²) in [6, 6.07) is 2.99. The van der Waals surface area contributed by atoms with Gasteiger partial charge in [-0.2, -0.15) is 23.2 Å².